The van der Waals surface area contributed by atoms with E-state index in [9.17, 15) is 0 Å². The summed E-state index contributed by atoms with van der Waals surface area (Å²) in [5.41, 5.74) is 3.56. The fraction of sp³-hybridized carbons (Fsp3) is 0.350. The summed E-state index contributed by atoms with van der Waals surface area (Å²) in [4.78, 5) is 9.74. The van der Waals surface area contributed by atoms with Crippen LogP contribution in [-0.4, -0.2) is 36.1 Å². The minimum absolute atomic E-state index is 0.573. The van der Waals surface area contributed by atoms with Crippen molar-refractivity contribution < 1.29 is 0 Å². The van der Waals surface area contributed by atoms with Crippen LogP contribution in [0.2, 0.25) is 5.02 Å². The van der Waals surface area contributed by atoms with Crippen LogP contribution in [0.15, 0.2) is 42.5 Å². The fourth-order valence-corrected chi connectivity index (χ4v) is 4.87. The molecular formula is C20H21Cl2N3S. The molecule has 3 nitrogen and oxygen atoms in total. The maximum absolute atomic E-state index is 6.11. The Morgan fingerprint density at radius 3 is 2.77 bits per heavy atom. The number of thiazole rings is 1. The maximum Gasteiger partial charge on any atom is 0.186 e. The predicted molar refractivity (Wildman–Crippen MR) is 113 cm³/mol. The fourth-order valence-electron chi connectivity index (χ4n) is 3.41. The van der Waals surface area contributed by atoms with Crippen molar-refractivity contribution in [1.82, 2.24) is 9.88 Å². The molecule has 26 heavy (non-hydrogen) atoms. The molecule has 2 heterocycles. The molecule has 0 aliphatic carbocycles. The third kappa shape index (κ3) is 4.15. The number of nitrogens with zero attached hydrogens (tertiary/aromatic N) is 3. The number of anilines is 1. The number of hydrogen-bond acceptors (Lipinski definition) is 4. The summed E-state index contributed by atoms with van der Waals surface area (Å²) < 4.78 is 1.16. The lowest BCUT2D eigenvalue weighted by Crippen LogP contribution is -2.30. The van der Waals surface area contributed by atoms with E-state index >= 15 is 0 Å². The van der Waals surface area contributed by atoms with E-state index in [2.05, 4.69) is 34.1 Å². The standard InChI is InChI=1S/C20H21Cl2N3S/c21-13-15-3-1-4-16(11-15)14-24-7-2-8-25(10-9-24)20-23-18-6-5-17(22)12-19(18)26-20/h1,3-6,11-12H,2,7-10,13-14H2. The van der Waals surface area contributed by atoms with Crippen molar-refractivity contribution in [3.8, 4) is 0 Å². The van der Waals surface area contributed by atoms with Gasteiger partial charge in [-0.05, 0) is 35.7 Å². The Labute approximate surface area is 168 Å². The minimum Gasteiger partial charge on any atom is -0.347 e. The highest BCUT2D eigenvalue weighted by Gasteiger charge is 2.18. The monoisotopic (exact) mass is 405 g/mol. The minimum atomic E-state index is 0.573. The van der Waals surface area contributed by atoms with E-state index in [1.807, 2.05) is 18.2 Å². The Hall–Kier alpha value is -1.33. The van der Waals surface area contributed by atoms with Gasteiger partial charge in [0.1, 0.15) is 0 Å². The van der Waals surface area contributed by atoms with Gasteiger partial charge in [-0.2, -0.15) is 0 Å². The number of alkyl halides is 1. The molecule has 0 N–H and O–H groups in total. The van der Waals surface area contributed by atoms with E-state index < -0.39 is 0 Å². The third-order valence-electron chi connectivity index (χ3n) is 4.75. The molecule has 1 saturated heterocycles. The van der Waals surface area contributed by atoms with Gasteiger partial charge in [0.15, 0.2) is 5.13 Å². The molecule has 0 radical (unpaired) electrons. The molecular weight excluding hydrogens is 385 g/mol. The molecule has 0 atom stereocenters. The smallest absolute Gasteiger partial charge is 0.186 e. The van der Waals surface area contributed by atoms with Crippen LogP contribution in [0.5, 0.6) is 0 Å². The van der Waals surface area contributed by atoms with E-state index in [0.29, 0.717) is 5.88 Å². The number of halogens is 2. The lowest BCUT2D eigenvalue weighted by molar-refractivity contribution is 0.285. The van der Waals surface area contributed by atoms with Crippen LogP contribution >= 0.6 is 34.5 Å². The van der Waals surface area contributed by atoms with E-state index in [4.69, 9.17) is 28.2 Å². The second kappa shape index (κ2) is 8.13. The van der Waals surface area contributed by atoms with Gasteiger partial charge >= 0.3 is 0 Å². The molecule has 2 aromatic carbocycles. The lowest BCUT2D eigenvalue weighted by atomic mass is 10.1. The summed E-state index contributed by atoms with van der Waals surface area (Å²) in [6.45, 7) is 5.18. The van der Waals surface area contributed by atoms with Gasteiger partial charge in [-0.25, -0.2) is 4.98 Å². The van der Waals surface area contributed by atoms with Gasteiger partial charge in [-0.1, -0.05) is 47.2 Å². The van der Waals surface area contributed by atoms with Crippen LogP contribution in [-0.2, 0) is 12.4 Å². The van der Waals surface area contributed by atoms with Crippen molar-refractivity contribution in [1.29, 1.82) is 0 Å². The predicted octanol–water partition coefficient (Wildman–Crippen LogP) is 5.40. The first kappa shape index (κ1) is 18.1. The Bertz CT molecular complexity index is 896. The zero-order valence-electron chi connectivity index (χ0n) is 14.5. The number of rotatable bonds is 4. The average Bonchev–Trinajstić information content (AvgIpc) is 2.93. The van der Waals surface area contributed by atoms with E-state index in [-0.39, 0.29) is 0 Å². The van der Waals surface area contributed by atoms with E-state index in [0.717, 1.165) is 59.5 Å². The highest BCUT2D eigenvalue weighted by Crippen LogP contribution is 2.31. The first-order valence-corrected chi connectivity index (χ1v) is 10.6. The first-order valence-electron chi connectivity index (χ1n) is 8.88. The summed E-state index contributed by atoms with van der Waals surface area (Å²) in [7, 11) is 0. The van der Waals surface area contributed by atoms with Gasteiger partial charge in [0, 0.05) is 43.6 Å². The highest BCUT2D eigenvalue weighted by molar-refractivity contribution is 7.22. The Balaban J connectivity index is 1.43. The molecule has 4 rings (SSSR count). The van der Waals surface area contributed by atoms with Gasteiger partial charge < -0.3 is 4.90 Å². The first-order chi connectivity index (χ1) is 12.7. The Kier molecular flexibility index (Phi) is 5.65. The molecule has 136 valence electrons. The largest absolute Gasteiger partial charge is 0.347 e. The summed E-state index contributed by atoms with van der Waals surface area (Å²) in [5.74, 6) is 0.573. The zero-order valence-corrected chi connectivity index (χ0v) is 16.8. The van der Waals surface area contributed by atoms with Crippen molar-refractivity contribution in [2.75, 3.05) is 31.1 Å². The van der Waals surface area contributed by atoms with Gasteiger partial charge in [-0.15, -0.1) is 11.6 Å². The molecule has 0 unspecified atom stereocenters. The molecule has 1 fully saturated rings. The molecule has 1 aliphatic heterocycles. The molecule has 0 bridgehead atoms. The molecule has 6 heteroatoms. The average molecular weight is 406 g/mol. The summed E-state index contributed by atoms with van der Waals surface area (Å²) in [5, 5.41) is 1.88. The van der Waals surface area contributed by atoms with Crippen LogP contribution in [0.3, 0.4) is 0 Å². The van der Waals surface area contributed by atoms with Gasteiger partial charge in [0.05, 0.1) is 10.2 Å². The van der Waals surface area contributed by atoms with Crippen molar-refractivity contribution in [3.05, 3.63) is 58.6 Å². The molecule has 3 aromatic rings. The Morgan fingerprint density at radius 2 is 1.88 bits per heavy atom. The number of hydrogen-bond donors (Lipinski definition) is 0. The summed E-state index contributed by atoms with van der Waals surface area (Å²) in [6.07, 6.45) is 1.14. The van der Waals surface area contributed by atoms with E-state index in [1.54, 1.807) is 11.3 Å². The second-order valence-corrected chi connectivity index (χ2v) is 8.39. The third-order valence-corrected chi connectivity index (χ3v) is 6.37. The number of fused-ring (bicyclic) bond motifs is 1. The van der Waals surface area contributed by atoms with Crippen LogP contribution in [0, 0.1) is 0 Å². The molecule has 0 spiro atoms. The lowest BCUT2D eigenvalue weighted by Gasteiger charge is -2.21. The number of benzene rings is 2. The molecule has 0 saturated carbocycles. The second-order valence-electron chi connectivity index (χ2n) is 6.68. The van der Waals surface area contributed by atoms with Crippen molar-refractivity contribution in [2.24, 2.45) is 0 Å². The van der Waals surface area contributed by atoms with Gasteiger partial charge in [0.25, 0.3) is 0 Å². The van der Waals surface area contributed by atoms with Crippen molar-refractivity contribution in [3.63, 3.8) is 0 Å². The SMILES string of the molecule is ClCc1cccc(CN2CCCN(c3nc4ccc(Cl)cc4s3)CC2)c1. The van der Waals surface area contributed by atoms with Crippen molar-refractivity contribution in [2.45, 2.75) is 18.8 Å². The van der Waals surface area contributed by atoms with Crippen LogP contribution < -0.4 is 4.90 Å². The molecule has 0 amide bonds. The summed E-state index contributed by atoms with van der Waals surface area (Å²) in [6, 6.07) is 14.5. The van der Waals surface area contributed by atoms with Gasteiger partial charge in [0.2, 0.25) is 0 Å². The molecule has 1 aromatic heterocycles. The van der Waals surface area contributed by atoms with Gasteiger partial charge in [-0.3, -0.25) is 4.90 Å². The maximum atomic E-state index is 6.11. The highest BCUT2D eigenvalue weighted by atomic mass is 35.5. The zero-order chi connectivity index (χ0) is 17.9. The quantitative estimate of drug-likeness (QED) is 0.541. The van der Waals surface area contributed by atoms with E-state index in [1.165, 1.54) is 11.1 Å². The number of aromatic nitrogens is 1. The topological polar surface area (TPSA) is 19.4 Å². The van der Waals surface area contributed by atoms with Crippen LogP contribution in [0.4, 0.5) is 5.13 Å². The van der Waals surface area contributed by atoms with Crippen LogP contribution in [0.25, 0.3) is 10.2 Å². The van der Waals surface area contributed by atoms with Crippen LogP contribution in [0.1, 0.15) is 17.5 Å². The Morgan fingerprint density at radius 1 is 1.00 bits per heavy atom. The van der Waals surface area contributed by atoms with Crippen molar-refractivity contribution >= 4 is 49.9 Å². The normalized spacial score (nSPS) is 16.2. The summed E-state index contributed by atoms with van der Waals surface area (Å²) >= 11 is 13.8. The molecule has 1 aliphatic rings.